The van der Waals surface area contributed by atoms with E-state index < -0.39 is 10.0 Å². The molecule has 0 aliphatic carbocycles. The largest absolute Gasteiger partial charge is 0.472 e. The zero-order valence-electron chi connectivity index (χ0n) is 18.3. The Balaban J connectivity index is 1.81. The van der Waals surface area contributed by atoms with Crippen molar-refractivity contribution in [3.8, 4) is 5.88 Å². The number of ether oxygens (including phenoxy) is 2. The highest BCUT2D eigenvalue weighted by Gasteiger charge is 2.41. The summed E-state index contributed by atoms with van der Waals surface area (Å²) in [7, 11) is -1.31. The molecule has 2 aliphatic heterocycles. The fourth-order valence-electron chi connectivity index (χ4n) is 4.39. The van der Waals surface area contributed by atoms with Crippen LogP contribution in [0.15, 0.2) is 6.07 Å². The number of piperidine rings is 1. The molecule has 0 saturated carbocycles. The highest BCUT2D eigenvalue weighted by molar-refractivity contribution is 7.89. The first kappa shape index (κ1) is 23.5. The van der Waals surface area contributed by atoms with Crippen molar-refractivity contribution in [3.05, 3.63) is 11.2 Å². The number of hydrogen-bond acceptors (Lipinski definition) is 7. The molecule has 170 valence electrons. The average molecular weight is 461 g/mol. The molecular weight excluding hydrogens is 428 g/mol. The highest BCUT2D eigenvalue weighted by Crippen LogP contribution is 2.34. The van der Waals surface area contributed by atoms with Gasteiger partial charge in [-0.15, -0.1) is 0 Å². The molecule has 0 bridgehead atoms. The van der Waals surface area contributed by atoms with Crippen LogP contribution in [-0.2, 0) is 14.8 Å². The highest BCUT2D eigenvalue weighted by atomic mass is 35.5. The molecule has 2 fully saturated rings. The lowest BCUT2D eigenvalue weighted by atomic mass is 9.90. The molecule has 2 aliphatic rings. The van der Waals surface area contributed by atoms with Crippen LogP contribution in [0.4, 0.5) is 5.95 Å². The molecule has 0 aromatic carbocycles. The van der Waals surface area contributed by atoms with Gasteiger partial charge >= 0.3 is 0 Å². The second-order valence-electron chi connectivity index (χ2n) is 8.02. The van der Waals surface area contributed by atoms with Crippen LogP contribution in [0.25, 0.3) is 0 Å². The molecule has 1 aromatic heterocycles. The lowest BCUT2D eigenvalue weighted by molar-refractivity contribution is 0.137. The van der Waals surface area contributed by atoms with E-state index in [1.165, 1.54) is 0 Å². The first-order valence-corrected chi connectivity index (χ1v) is 12.8. The number of halogens is 1. The van der Waals surface area contributed by atoms with Crippen LogP contribution in [0.2, 0.25) is 5.15 Å². The Morgan fingerprint density at radius 2 is 1.90 bits per heavy atom. The summed E-state index contributed by atoms with van der Waals surface area (Å²) in [6, 6.07) is 1.67. The maximum Gasteiger partial charge on any atom is 0.230 e. The molecule has 3 rings (SSSR count). The SMILES string of the molecule is CC[C@@H]1CC(N(C)c2nc(Cl)cc(O[C@@H]3CCOC3)n2)C[C@H](CC)N1S(=O)(=O)CC. The van der Waals surface area contributed by atoms with Crippen LogP contribution in [0.5, 0.6) is 5.88 Å². The molecule has 8 nitrogen and oxygen atoms in total. The second-order valence-corrected chi connectivity index (χ2v) is 10.6. The summed E-state index contributed by atoms with van der Waals surface area (Å²) in [6.07, 6.45) is 3.80. The van der Waals surface area contributed by atoms with Crippen LogP contribution in [0.1, 0.15) is 52.9 Å². The van der Waals surface area contributed by atoms with Crippen LogP contribution in [-0.4, -0.2) is 72.9 Å². The third-order valence-electron chi connectivity index (χ3n) is 6.13. The second kappa shape index (κ2) is 9.97. The lowest BCUT2D eigenvalue weighted by Gasteiger charge is -2.46. The van der Waals surface area contributed by atoms with Crippen LogP contribution in [0, 0.1) is 0 Å². The molecule has 10 heteroatoms. The molecule has 3 heterocycles. The Morgan fingerprint density at radius 1 is 1.23 bits per heavy atom. The quantitative estimate of drug-likeness (QED) is 0.551. The van der Waals surface area contributed by atoms with Crippen molar-refractivity contribution in [2.24, 2.45) is 0 Å². The van der Waals surface area contributed by atoms with E-state index in [0.717, 1.165) is 32.1 Å². The Labute approximate surface area is 185 Å². The monoisotopic (exact) mass is 460 g/mol. The van der Waals surface area contributed by atoms with Gasteiger partial charge in [0.05, 0.1) is 19.0 Å². The average Bonchev–Trinajstić information content (AvgIpc) is 3.24. The molecule has 1 aromatic rings. The number of anilines is 1. The predicted octanol–water partition coefficient (Wildman–Crippen LogP) is 3.11. The van der Waals surface area contributed by atoms with E-state index in [2.05, 4.69) is 9.97 Å². The van der Waals surface area contributed by atoms with Crippen molar-refractivity contribution in [3.63, 3.8) is 0 Å². The van der Waals surface area contributed by atoms with E-state index in [9.17, 15) is 8.42 Å². The van der Waals surface area contributed by atoms with Gasteiger partial charge in [-0.05, 0) is 32.6 Å². The molecule has 4 atom stereocenters. The van der Waals surface area contributed by atoms with Gasteiger partial charge in [0.15, 0.2) is 0 Å². The van der Waals surface area contributed by atoms with Crippen LogP contribution in [0.3, 0.4) is 0 Å². The van der Waals surface area contributed by atoms with Crippen molar-refractivity contribution in [2.75, 3.05) is 30.9 Å². The summed E-state index contributed by atoms with van der Waals surface area (Å²) in [5.74, 6) is 1.07. The smallest absolute Gasteiger partial charge is 0.230 e. The van der Waals surface area contributed by atoms with Gasteiger partial charge in [-0.25, -0.2) is 13.4 Å². The molecule has 0 radical (unpaired) electrons. The molecule has 1 unspecified atom stereocenters. The molecular formula is C20H33ClN4O4S. The number of rotatable bonds is 8. The van der Waals surface area contributed by atoms with Gasteiger partial charge in [0, 0.05) is 37.7 Å². The third-order valence-corrected chi connectivity index (χ3v) is 8.30. The van der Waals surface area contributed by atoms with E-state index in [0.29, 0.717) is 30.2 Å². The van der Waals surface area contributed by atoms with Crippen molar-refractivity contribution >= 4 is 27.6 Å². The minimum Gasteiger partial charge on any atom is -0.472 e. The van der Waals surface area contributed by atoms with E-state index >= 15 is 0 Å². The topological polar surface area (TPSA) is 84.9 Å². The fourth-order valence-corrected chi connectivity index (χ4v) is 6.23. The Morgan fingerprint density at radius 3 is 2.43 bits per heavy atom. The minimum absolute atomic E-state index is 0.0226. The summed E-state index contributed by atoms with van der Waals surface area (Å²) in [4.78, 5) is 11.0. The molecule has 2 saturated heterocycles. The van der Waals surface area contributed by atoms with Crippen LogP contribution >= 0.6 is 11.6 Å². The van der Waals surface area contributed by atoms with E-state index in [1.807, 2.05) is 25.8 Å². The van der Waals surface area contributed by atoms with Gasteiger partial charge in [0.2, 0.25) is 21.9 Å². The normalized spacial score (nSPS) is 27.9. The van der Waals surface area contributed by atoms with Gasteiger partial charge < -0.3 is 14.4 Å². The summed E-state index contributed by atoms with van der Waals surface area (Å²) in [5.41, 5.74) is 0. The third kappa shape index (κ3) is 5.18. The molecule has 0 spiro atoms. The van der Waals surface area contributed by atoms with Gasteiger partial charge in [-0.3, -0.25) is 0 Å². The number of aromatic nitrogens is 2. The van der Waals surface area contributed by atoms with Crippen molar-refractivity contribution in [1.29, 1.82) is 0 Å². The van der Waals surface area contributed by atoms with Gasteiger partial charge in [-0.2, -0.15) is 9.29 Å². The first-order chi connectivity index (χ1) is 14.3. The number of sulfonamides is 1. The Hall–Kier alpha value is -1.16. The zero-order valence-corrected chi connectivity index (χ0v) is 19.8. The van der Waals surface area contributed by atoms with Gasteiger partial charge in [0.25, 0.3) is 0 Å². The van der Waals surface area contributed by atoms with Crippen molar-refractivity contribution in [1.82, 2.24) is 14.3 Å². The minimum atomic E-state index is -3.25. The van der Waals surface area contributed by atoms with E-state index in [-0.39, 0.29) is 30.0 Å². The summed E-state index contributed by atoms with van der Waals surface area (Å²) in [6.45, 7) is 7.04. The summed E-state index contributed by atoms with van der Waals surface area (Å²) in [5, 5.41) is 0.325. The van der Waals surface area contributed by atoms with Crippen LogP contribution < -0.4 is 9.64 Å². The van der Waals surface area contributed by atoms with Crippen molar-refractivity contribution < 1.29 is 17.9 Å². The van der Waals surface area contributed by atoms with Gasteiger partial charge in [-0.1, -0.05) is 25.4 Å². The Kier molecular flexibility index (Phi) is 7.81. The predicted molar refractivity (Wildman–Crippen MR) is 118 cm³/mol. The maximum atomic E-state index is 12.7. The lowest BCUT2D eigenvalue weighted by Crippen LogP contribution is -2.56. The molecule has 0 amide bonds. The standard InChI is InChI=1S/C20H33ClN4O4S/c1-5-14-10-16(11-15(6-2)25(14)30(26,27)7-3)24(4)20-22-18(21)12-19(23-20)29-17-8-9-28-13-17/h12,14-17H,5-11,13H2,1-4H3/t14-,15+,16?,17-/m1/s1. The number of nitrogens with zero attached hydrogens (tertiary/aromatic N) is 4. The summed E-state index contributed by atoms with van der Waals surface area (Å²) >= 11 is 6.26. The Bertz CT molecular complexity index is 805. The number of hydrogen-bond donors (Lipinski definition) is 0. The van der Waals surface area contributed by atoms with Gasteiger partial charge in [0.1, 0.15) is 11.3 Å². The first-order valence-electron chi connectivity index (χ1n) is 10.8. The maximum absolute atomic E-state index is 12.7. The zero-order chi connectivity index (χ0) is 21.9. The molecule has 0 N–H and O–H groups in total. The van der Waals surface area contributed by atoms with E-state index in [4.69, 9.17) is 21.1 Å². The van der Waals surface area contributed by atoms with E-state index in [1.54, 1.807) is 17.3 Å². The van der Waals surface area contributed by atoms with Crippen molar-refractivity contribution in [2.45, 2.75) is 77.1 Å². The molecule has 30 heavy (non-hydrogen) atoms. The fraction of sp³-hybridized carbons (Fsp3) is 0.800. The summed E-state index contributed by atoms with van der Waals surface area (Å²) < 4.78 is 38.5.